The Morgan fingerprint density at radius 1 is 0.611 bits per heavy atom. The molecule has 0 heterocycles. The number of allylic oxidation sites excluding steroid dienone is 2. The highest BCUT2D eigenvalue weighted by atomic mass is 16.5. The number of hydrogen-bond donors (Lipinski definition) is 3. The number of benzene rings is 1. The fraction of sp³-hybridized carbons (Fsp3) is 0.571. The summed E-state index contributed by atoms with van der Waals surface area (Å²) in [5, 5.41) is 27.7. The molecule has 0 aliphatic heterocycles. The van der Waals surface area contributed by atoms with E-state index in [0.29, 0.717) is 12.5 Å². The van der Waals surface area contributed by atoms with Gasteiger partial charge in [-0.25, -0.2) is 19.2 Å². The summed E-state index contributed by atoms with van der Waals surface area (Å²) in [4.78, 5) is 46.4. The van der Waals surface area contributed by atoms with Crippen molar-refractivity contribution < 1.29 is 39.2 Å². The summed E-state index contributed by atoms with van der Waals surface area (Å²) < 4.78 is 5.12. The number of unbranched alkanes of at least 4 members (excludes halogenated alkanes) is 12. The van der Waals surface area contributed by atoms with E-state index in [1.165, 1.54) is 44.9 Å². The van der Waals surface area contributed by atoms with Gasteiger partial charge in [0.15, 0.2) is 0 Å². The van der Waals surface area contributed by atoms with Crippen LogP contribution in [0.25, 0.3) is 0 Å². The third-order valence-electron chi connectivity index (χ3n) is 5.96. The summed E-state index contributed by atoms with van der Waals surface area (Å²) >= 11 is 0. The van der Waals surface area contributed by atoms with Gasteiger partial charge < -0.3 is 20.1 Å². The molecule has 0 fully saturated rings. The third kappa shape index (κ3) is 12.0. The van der Waals surface area contributed by atoms with Gasteiger partial charge >= 0.3 is 23.9 Å². The smallest absolute Gasteiger partial charge is 0.339 e. The first kappa shape index (κ1) is 30.9. The molecule has 0 aromatic heterocycles. The molecular formula is C28H40O8. The highest BCUT2D eigenvalue weighted by molar-refractivity contribution is 6.09. The lowest BCUT2D eigenvalue weighted by molar-refractivity contribution is 0.0486. The lowest BCUT2D eigenvalue weighted by Gasteiger charge is -2.10. The average Bonchev–Trinajstić information content (AvgIpc) is 2.84. The summed E-state index contributed by atoms with van der Waals surface area (Å²) in [7, 11) is 0. The number of rotatable bonds is 20. The van der Waals surface area contributed by atoms with Crippen LogP contribution in [-0.2, 0) is 4.74 Å². The lowest BCUT2D eigenvalue weighted by Crippen LogP contribution is -2.17. The molecule has 0 aliphatic carbocycles. The van der Waals surface area contributed by atoms with Gasteiger partial charge in [0.25, 0.3) is 0 Å². The van der Waals surface area contributed by atoms with Crippen LogP contribution < -0.4 is 0 Å². The molecule has 0 unspecified atom stereocenters. The highest BCUT2D eigenvalue weighted by Crippen LogP contribution is 2.20. The van der Waals surface area contributed by atoms with Gasteiger partial charge in [-0.1, -0.05) is 76.9 Å². The van der Waals surface area contributed by atoms with Crippen LogP contribution in [0.5, 0.6) is 0 Å². The van der Waals surface area contributed by atoms with E-state index < -0.39 is 46.1 Å². The molecule has 0 atom stereocenters. The topological polar surface area (TPSA) is 138 Å². The van der Waals surface area contributed by atoms with E-state index in [9.17, 15) is 29.4 Å². The molecule has 3 N–H and O–H groups in total. The predicted octanol–water partition coefficient (Wildman–Crippen LogP) is 6.98. The summed E-state index contributed by atoms with van der Waals surface area (Å²) in [6.07, 6.45) is 20.6. The normalized spacial score (nSPS) is 11.0. The fourth-order valence-electron chi connectivity index (χ4n) is 3.89. The molecule has 0 bridgehead atoms. The van der Waals surface area contributed by atoms with Gasteiger partial charge in [0.05, 0.1) is 28.9 Å². The number of ether oxygens (including phenoxy) is 1. The Bertz CT molecular complexity index is 888. The minimum atomic E-state index is -1.60. The minimum absolute atomic E-state index is 0.0716. The van der Waals surface area contributed by atoms with Crippen molar-refractivity contribution in [1.82, 2.24) is 0 Å². The summed E-state index contributed by atoms with van der Waals surface area (Å²) in [5.41, 5.74) is -2.46. The van der Waals surface area contributed by atoms with Crippen molar-refractivity contribution in [2.45, 2.75) is 96.8 Å². The molecule has 1 aromatic carbocycles. The molecule has 0 amide bonds. The second-order valence-electron chi connectivity index (χ2n) is 8.93. The van der Waals surface area contributed by atoms with Crippen LogP contribution in [0.1, 0.15) is 138 Å². The zero-order chi connectivity index (χ0) is 26.8. The van der Waals surface area contributed by atoms with E-state index in [-0.39, 0.29) is 6.61 Å². The van der Waals surface area contributed by atoms with E-state index in [0.717, 1.165) is 44.6 Å². The van der Waals surface area contributed by atoms with Gasteiger partial charge in [0.2, 0.25) is 0 Å². The van der Waals surface area contributed by atoms with Crippen molar-refractivity contribution in [3.63, 3.8) is 0 Å². The quantitative estimate of drug-likeness (QED) is 0.0982. The standard InChI is InChI=1S/C28H40O8/c1-2-3-4-5-6-7-8-9-10-11-12-13-14-15-16-17-18-36-28(35)24-20-22(26(31)32)21(25(29)30)19-23(24)27(33)34/h9-10,19-20H,2-8,11-18H2,1H3,(H,29,30)(H,31,32)(H,33,34)/b10-9-. The Labute approximate surface area is 213 Å². The number of aromatic carboxylic acids is 3. The van der Waals surface area contributed by atoms with Gasteiger partial charge in [-0.2, -0.15) is 0 Å². The molecule has 8 heteroatoms. The van der Waals surface area contributed by atoms with Gasteiger partial charge in [0.1, 0.15) is 0 Å². The third-order valence-corrected chi connectivity index (χ3v) is 5.96. The van der Waals surface area contributed by atoms with Crippen LogP contribution in [0.15, 0.2) is 24.3 Å². The fourth-order valence-corrected chi connectivity index (χ4v) is 3.89. The van der Waals surface area contributed by atoms with Crippen molar-refractivity contribution in [2.24, 2.45) is 0 Å². The van der Waals surface area contributed by atoms with E-state index >= 15 is 0 Å². The van der Waals surface area contributed by atoms with Crippen LogP contribution >= 0.6 is 0 Å². The molecule has 0 aliphatic rings. The van der Waals surface area contributed by atoms with Gasteiger partial charge in [-0.15, -0.1) is 0 Å². The van der Waals surface area contributed by atoms with Gasteiger partial charge in [0, 0.05) is 0 Å². The van der Waals surface area contributed by atoms with E-state index in [4.69, 9.17) is 9.84 Å². The minimum Gasteiger partial charge on any atom is -0.478 e. The van der Waals surface area contributed by atoms with Gasteiger partial charge in [-0.3, -0.25) is 0 Å². The first-order valence-corrected chi connectivity index (χ1v) is 13.0. The maximum absolute atomic E-state index is 12.4. The molecule has 1 aromatic rings. The largest absolute Gasteiger partial charge is 0.478 e. The average molecular weight is 505 g/mol. The Morgan fingerprint density at radius 2 is 1.00 bits per heavy atom. The predicted molar refractivity (Wildman–Crippen MR) is 137 cm³/mol. The zero-order valence-electron chi connectivity index (χ0n) is 21.3. The number of carbonyl (C=O) groups is 4. The summed E-state index contributed by atoms with van der Waals surface area (Å²) in [6.45, 7) is 2.30. The van der Waals surface area contributed by atoms with E-state index in [2.05, 4.69) is 19.1 Å². The number of esters is 1. The maximum atomic E-state index is 12.4. The number of carboxylic acids is 3. The SMILES string of the molecule is CCCCCCCC/C=C\CCCCCCCCOC(=O)c1cc(C(=O)O)c(C(=O)O)cc1C(=O)O. The first-order chi connectivity index (χ1) is 17.3. The molecule has 200 valence electrons. The molecule has 0 saturated carbocycles. The maximum Gasteiger partial charge on any atom is 0.339 e. The van der Waals surface area contributed by atoms with Crippen molar-refractivity contribution >= 4 is 23.9 Å². The summed E-state index contributed by atoms with van der Waals surface area (Å²) in [5.74, 6) is -5.70. The highest BCUT2D eigenvalue weighted by Gasteiger charge is 2.26. The Balaban J connectivity index is 2.26. The van der Waals surface area contributed by atoms with E-state index in [1.807, 2.05) is 0 Å². The molecule has 36 heavy (non-hydrogen) atoms. The zero-order valence-corrected chi connectivity index (χ0v) is 21.3. The summed E-state index contributed by atoms with van der Waals surface area (Å²) in [6, 6.07) is 1.42. The molecule has 0 radical (unpaired) electrons. The van der Waals surface area contributed by atoms with E-state index in [1.54, 1.807) is 0 Å². The second kappa shape index (κ2) is 18.2. The second-order valence-corrected chi connectivity index (χ2v) is 8.93. The van der Waals surface area contributed by atoms with Crippen LogP contribution in [0.4, 0.5) is 0 Å². The number of hydrogen-bond acceptors (Lipinski definition) is 5. The molecule has 0 saturated heterocycles. The first-order valence-electron chi connectivity index (χ1n) is 13.0. The monoisotopic (exact) mass is 504 g/mol. The number of carboxylic acid groups (broad SMARTS) is 3. The Hall–Kier alpha value is -3.16. The molecule has 1 rings (SSSR count). The van der Waals surface area contributed by atoms with Crippen LogP contribution in [0.3, 0.4) is 0 Å². The Kier molecular flexibility index (Phi) is 15.6. The van der Waals surface area contributed by atoms with Crippen LogP contribution in [0, 0.1) is 0 Å². The van der Waals surface area contributed by atoms with Crippen LogP contribution in [0.2, 0.25) is 0 Å². The van der Waals surface area contributed by atoms with Crippen molar-refractivity contribution in [3.05, 3.63) is 46.5 Å². The van der Waals surface area contributed by atoms with Crippen LogP contribution in [-0.4, -0.2) is 45.8 Å². The van der Waals surface area contributed by atoms with Crippen molar-refractivity contribution in [2.75, 3.05) is 6.61 Å². The molecule has 0 spiro atoms. The Morgan fingerprint density at radius 3 is 1.47 bits per heavy atom. The number of carbonyl (C=O) groups excluding carboxylic acids is 1. The van der Waals surface area contributed by atoms with Crippen molar-refractivity contribution in [1.29, 1.82) is 0 Å². The lowest BCUT2D eigenvalue weighted by atomic mass is 9.98. The molecular weight excluding hydrogens is 464 g/mol. The molecule has 8 nitrogen and oxygen atoms in total. The van der Waals surface area contributed by atoms with Gasteiger partial charge in [-0.05, 0) is 44.2 Å². The van der Waals surface area contributed by atoms with Crippen molar-refractivity contribution in [3.8, 4) is 0 Å².